The topological polar surface area (TPSA) is 52.7 Å². The van der Waals surface area contributed by atoms with Crippen LogP contribution in [0.25, 0.3) is 0 Å². The van der Waals surface area contributed by atoms with Gasteiger partial charge in [0, 0.05) is 21.9 Å². The first-order valence-electron chi connectivity index (χ1n) is 5.32. The van der Waals surface area contributed by atoms with E-state index in [0.717, 1.165) is 9.39 Å². The van der Waals surface area contributed by atoms with E-state index >= 15 is 0 Å². The lowest BCUT2D eigenvalue weighted by molar-refractivity contribution is 0.494. The van der Waals surface area contributed by atoms with Crippen LogP contribution in [0.2, 0.25) is 0 Å². The molecule has 2 rings (SSSR count). The van der Waals surface area contributed by atoms with Gasteiger partial charge in [-0.05, 0) is 42.5 Å². The molecular formula is C11H13IN4O. The Morgan fingerprint density at radius 1 is 1.41 bits per heavy atom. The second-order valence-corrected chi connectivity index (χ2v) is 5.27. The zero-order chi connectivity index (χ0) is 12.4. The van der Waals surface area contributed by atoms with Gasteiger partial charge in [0.2, 0.25) is 0 Å². The van der Waals surface area contributed by atoms with Gasteiger partial charge in [0.15, 0.2) is 0 Å². The Morgan fingerprint density at radius 3 is 2.88 bits per heavy atom. The molecule has 0 aliphatic rings. The van der Waals surface area contributed by atoms with Crippen molar-refractivity contribution in [2.45, 2.75) is 26.4 Å². The Kier molecular flexibility index (Phi) is 3.60. The third-order valence-corrected chi connectivity index (χ3v) is 3.03. The number of hydrogen-bond donors (Lipinski definition) is 0. The summed E-state index contributed by atoms with van der Waals surface area (Å²) in [7, 11) is 0. The van der Waals surface area contributed by atoms with Crippen LogP contribution < -0.4 is 5.56 Å². The first kappa shape index (κ1) is 12.3. The lowest BCUT2D eigenvalue weighted by atomic mass is 10.4. The van der Waals surface area contributed by atoms with Crippen molar-refractivity contribution in [3.63, 3.8) is 0 Å². The molecule has 0 saturated carbocycles. The molecule has 5 nitrogen and oxygen atoms in total. The Balaban J connectivity index is 2.35. The van der Waals surface area contributed by atoms with Crippen LogP contribution in [0.3, 0.4) is 0 Å². The molecule has 0 radical (unpaired) electrons. The Morgan fingerprint density at radius 2 is 2.18 bits per heavy atom. The molecular weight excluding hydrogens is 331 g/mol. The highest BCUT2D eigenvalue weighted by Crippen LogP contribution is 2.07. The Bertz CT molecular complexity index is 573. The van der Waals surface area contributed by atoms with Gasteiger partial charge >= 0.3 is 0 Å². The van der Waals surface area contributed by atoms with Crippen molar-refractivity contribution in [2.24, 2.45) is 0 Å². The summed E-state index contributed by atoms with van der Waals surface area (Å²) in [6, 6.07) is 3.61. The molecule has 6 heteroatoms. The molecule has 2 aromatic rings. The number of hydrogen-bond acceptors (Lipinski definition) is 3. The fourth-order valence-electron chi connectivity index (χ4n) is 1.60. The fourth-order valence-corrected chi connectivity index (χ4v) is 2.11. The summed E-state index contributed by atoms with van der Waals surface area (Å²) in [5, 5.41) is 4.15. The molecule has 0 N–H and O–H groups in total. The van der Waals surface area contributed by atoms with Crippen LogP contribution >= 0.6 is 22.6 Å². The van der Waals surface area contributed by atoms with Crippen molar-refractivity contribution < 1.29 is 0 Å². The third kappa shape index (κ3) is 2.74. The maximum absolute atomic E-state index is 11.7. The summed E-state index contributed by atoms with van der Waals surface area (Å²) in [6.45, 7) is 4.53. The Labute approximate surface area is 113 Å². The molecule has 0 atom stereocenters. The van der Waals surface area contributed by atoms with E-state index in [1.54, 1.807) is 16.7 Å². The largest absolute Gasteiger partial charge is 0.307 e. The van der Waals surface area contributed by atoms with E-state index in [-0.39, 0.29) is 11.6 Å². The van der Waals surface area contributed by atoms with Gasteiger partial charge in [-0.15, -0.1) is 0 Å². The van der Waals surface area contributed by atoms with Crippen molar-refractivity contribution in [1.29, 1.82) is 0 Å². The highest BCUT2D eigenvalue weighted by Gasteiger charge is 2.08. The second-order valence-electron chi connectivity index (χ2n) is 4.03. The molecule has 17 heavy (non-hydrogen) atoms. The van der Waals surface area contributed by atoms with Crippen LogP contribution in [-0.4, -0.2) is 19.3 Å². The lowest BCUT2D eigenvalue weighted by Gasteiger charge is -2.10. The van der Waals surface area contributed by atoms with Crippen LogP contribution in [0.5, 0.6) is 0 Å². The van der Waals surface area contributed by atoms with Crippen LogP contribution in [0.4, 0.5) is 0 Å². The standard InChI is InChI=1S/C11H13IN4O/c1-8(2)16-10(13-7-14-16)6-15-5-9(12)3-4-11(15)17/h3-5,7-8H,6H2,1-2H3. The molecule has 0 fully saturated rings. The number of rotatable bonds is 3. The first-order chi connectivity index (χ1) is 8.08. The molecule has 2 heterocycles. The van der Waals surface area contributed by atoms with Gasteiger partial charge < -0.3 is 4.57 Å². The van der Waals surface area contributed by atoms with E-state index in [9.17, 15) is 4.79 Å². The summed E-state index contributed by atoms with van der Waals surface area (Å²) in [4.78, 5) is 15.9. The van der Waals surface area contributed by atoms with Crippen molar-refractivity contribution in [2.75, 3.05) is 0 Å². The van der Waals surface area contributed by atoms with Crippen LogP contribution in [0.15, 0.2) is 29.5 Å². The van der Waals surface area contributed by atoms with Gasteiger partial charge in [-0.2, -0.15) is 5.10 Å². The first-order valence-corrected chi connectivity index (χ1v) is 6.40. The maximum atomic E-state index is 11.7. The summed E-state index contributed by atoms with van der Waals surface area (Å²) >= 11 is 2.18. The van der Waals surface area contributed by atoms with Gasteiger partial charge in [-0.1, -0.05) is 0 Å². The highest BCUT2D eigenvalue weighted by atomic mass is 127. The fraction of sp³-hybridized carbons (Fsp3) is 0.364. The maximum Gasteiger partial charge on any atom is 0.250 e. The Hall–Kier alpha value is -1.18. The monoisotopic (exact) mass is 344 g/mol. The van der Waals surface area contributed by atoms with Crippen molar-refractivity contribution >= 4 is 22.6 Å². The highest BCUT2D eigenvalue weighted by molar-refractivity contribution is 14.1. The average Bonchev–Trinajstić information content (AvgIpc) is 2.71. The summed E-state index contributed by atoms with van der Waals surface area (Å²) in [6.07, 6.45) is 3.34. The van der Waals surface area contributed by atoms with E-state index in [1.165, 1.54) is 6.33 Å². The van der Waals surface area contributed by atoms with Crippen LogP contribution in [-0.2, 0) is 6.54 Å². The predicted octanol–water partition coefficient (Wildman–Crippen LogP) is 1.67. The average molecular weight is 344 g/mol. The van der Waals surface area contributed by atoms with E-state index in [2.05, 4.69) is 32.7 Å². The molecule has 2 aromatic heterocycles. The minimum atomic E-state index is -0.0243. The van der Waals surface area contributed by atoms with Gasteiger partial charge in [-0.3, -0.25) is 4.79 Å². The van der Waals surface area contributed by atoms with Gasteiger partial charge in [0.05, 0.1) is 6.54 Å². The number of pyridine rings is 1. The molecule has 0 unspecified atom stereocenters. The summed E-state index contributed by atoms with van der Waals surface area (Å²) < 4.78 is 4.49. The second kappa shape index (κ2) is 4.99. The summed E-state index contributed by atoms with van der Waals surface area (Å²) in [5.41, 5.74) is -0.0243. The van der Waals surface area contributed by atoms with E-state index in [4.69, 9.17) is 0 Å². The van der Waals surface area contributed by atoms with Crippen molar-refractivity contribution in [3.8, 4) is 0 Å². The smallest absolute Gasteiger partial charge is 0.250 e. The quantitative estimate of drug-likeness (QED) is 0.796. The minimum Gasteiger partial charge on any atom is -0.307 e. The van der Waals surface area contributed by atoms with Crippen molar-refractivity contribution in [1.82, 2.24) is 19.3 Å². The van der Waals surface area contributed by atoms with Gasteiger partial charge in [0.1, 0.15) is 12.2 Å². The summed E-state index contributed by atoms with van der Waals surface area (Å²) in [5.74, 6) is 0.795. The number of halogens is 1. The zero-order valence-electron chi connectivity index (χ0n) is 9.67. The molecule has 0 aromatic carbocycles. The molecule has 0 spiro atoms. The van der Waals surface area contributed by atoms with Crippen LogP contribution in [0, 0.1) is 3.57 Å². The third-order valence-electron chi connectivity index (χ3n) is 2.40. The molecule has 0 aliphatic heterocycles. The van der Waals surface area contributed by atoms with Crippen LogP contribution in [0.1, 0.15) is 25.7 Å². The zero-order valence-corrected chi connectivity index (χ0v) is 11.8. The number of aromatic nitrogens is 4. The van der Waals surface area contributed by atoms with Gasteiger partial charge in [0.25, 0.3) is 5.56 Å². The normalized spacial score (nSPS) is 11.1. The van der Waals surface area contributed by atoms with E-state index < -0.39 is 0 Å². The molecule has 0 amide bonds. The molecule has 0 aliphatic carbocycles. The minimum absolute atomic E-state index is 0.0243. The molecule has 0 bridgehead atoms. The SMILES string of the molecule is CC(C)n1ncnc1Cn1cc(I)ccc1=O. The van der Waals surface area contributed by atoms with Gasteiger partial charge in [-0.25, -0.2) is 9.67 Å². The van der Waals surface area contributed by atoms with E-state index in [1.807, 2.05) is 24.7 Å². The number of nitrogens with zero attached hydrogens (tertiary/aromatic N) is 4. The predicted molar refractivity (Wildman–Crippen MR) is 72.9 cm³/mol. The van der Waals surface area contributed by atoms with Crippen molar-refractivity contribution in [3.05, 3.63) is 44.4 Å². The van der Waals surface area contributed by atoms with E-state index in [0.29, 0.717) is 6.54 Å². The molecule has 90 valence electrons. The molecule has 0 saturated heterocycles. The lowest BCUT2D eigenvalue weighted by Crippen LogP contribution is -2.22.